The number of hydrogen-bond acceptors (Lipinski definition) is 6. The molecular formula is C25H44FN5S. The van der Waals surface area contributed by atoms with Crippen LogP contribution < -0.4 is 15.4 Å². The van der Waals surface area contributed by atoms with Gasteiger partial charge in [0, 0.05) is 30.2 Å². The number of nitrogens with one attached hydrogen (secondary N) is 1. The molecule has 2 heterocycles. The van der Waals surface area contributed by atoms with Crippen molar-refractivity contribution in [2.45, 2.75) is 73.6 Å². The highest BCUT2D eigenvalue weighted by Crippen LogP contribution is 2.40. The molecular weight excluding hydrogens is 421 g/mol. The van der Waals surface area contributed by atoms with Crippen molar-refractivity contribution < 1.29 is 4.39 Å². The second kappa shape index (κ2) is 18.7. The summed E-state index contributed by atoms with van der Waals surface area (Å²) in [4.78, 5) is 11.8. The minimum absolute atomic E-state index is 0.500. The van der Waals surface area contributed by atoms with Gasteiger partial charge in [0.05, 0.1) is 18.6 Å². The normalized spacial score (nSPS) is 12.3. The molecule has 1 aromatic rings. The van der Waals surface area contributed by atoms with Gasteiger partial charge in [-0.2, -0.15) is 0 Å². The Kier molecular flexibility index (Phi) is 17.6. The molecule has 0 fully saturated rings. The van der Waals surface area contributed by atoms with Crippen molar-refractivity contribution in [1.82, 2.24) is 9.71 Å². The zero-order valence-corrected chi connectivity index (χ0v) is 21.8. The van der Waals surface area contributed by atoms with Gasteiger partial charge >= 0.3 is 0 Å². The summed E-state index contributed by atoms with van der Waals surface area (Å²) in [6.07, 6.45) is 9.44. The van der Waals surface area contributed by atoms with Crippen LogP contribution in [0.1, 0.15) is 71.1 Å². The maximum atomic E-state index is 10.5. The van der Waals surface area contributed by atoms with Gasteiger partial charge in [0.25, 0.3) is 0 Å². The fourth-order valence-corrected chi connectivity index (χ4v) is 3.70. The van der Waals surface area contributed by atoms with Gasteiger partial charge in [-0.1, -0.05) is 51.3 Å². The summed E-state index contributed by atoms with van der Waals surface area (Å²) in [5.41, 5.74) is 11.7. The zero-order chi connectivity index (χ0) is 24.4. The number of anilines is 2. The van der Waals surface area contributed by atoms with Crippen molar-refractivity contribution in [1.29, 1.82) is 0 Å². The second-order valence-electron chi connectivity index (χ2n) is 7.27. The Morgan fingerprint density at radius 2 is 1.94 bits per heavy atom. The first-order valence-corrected chi connectivity index (χ1v) is 12.7. The highest BCUT2D eigenvalue weighted by molar-refractivity contribution is 7.97. The molecule has 0 atom stereocenters. The zero-order valence-electron chi connectivity index (χ0n) is 21.0. The molecule has 0 spiro atoms. The number of pyridine rings is 1. The topological polar surface area (TPSA) is 66.5 Å². The van der Waals surface area contributed by atoms with Crippen molar-refractivity contribution in [3.8, 4) is 0 Å². The third kappa shape index (κ3) is 10.6. The average molecular weight is 466 g/mol. The summed E-state index contributed by atoms with van der Waals surface area (Å²) in [5, 5.41) is 0. The van der Waals surface area contributed by atoms with Crippen LogP contribution >= 0.6 is 11.9 Å². The lowest BCUT2D eigenvalue weighted by Crippen LogP contribution is -2.34. The predicted molar refractivity (Wildman–Crippen MR) is 144 cm³/mol. The molecule has 182 valence electrons. The van der Waals surface area contributed by atoms with Gasteiger partial charge in [0.1, 0.15) is 5.69 Å². The van der Waals surface area contributed by atoms with E-state index in [-0.39, 0.29) is 0 Å². The molecule has 0 unspecified atom stereocenters. The monoisotopic (exact) mass is 465 g/mol. The number of allylic oxidation sites excluding steroid dienone is 1. The number of nitrogens with two attached hydrogens (primary N) is 1. The molecule has 3 N–H and O–H groups in total. The van der Waals surface area contributed by atoms with E-state index >= 15 is 0 Å². The van der Waals surface area contributed by atoms with E-state index in [0.29, 0.717) is 12.1 Å². The van der Waals surface area contributed by atoms with Gasteiger partial charge in [-0.25, -0.2) is 14.4 Å². The first-order valence-electron chi connectivity index (χ1n) is 11.7. The van der Waals surface area contributed by atoms with E-state index in [9.17, 15) is 4.39 Å². The number of hydrogen-bond donors (Lipinski definition) is 2. The summed E-state index contributed by atoms with van der Waals surface area (Å²) in [6, 6.07) is 0. The Bertz CT molecular complexity index is 715. The predicted octanol–water partition coefficient (Wildman–Crippen LogP) is 7.08. The molecule has 0 amide bonds. The summed E-state index contributed by atoms with van der Waals surface area (Å²) in [6.45, 7) is 18.7. The van der Waals surface area contributed by atoms with Gasteiger partial charge in [-0.3, -0.25) is 4.72 Å². The number of rotatable bonds is 11. The maximum absolute atomic E-state index is 10.5. The molecule has 2 rings (SSSR count). The van der Waals surface area contributed by atoms with Gasteiger partial charge in [0.2, 0.25) is 0 Å². The van der Waals surface area contributed by atoms with Crippen molar-refractivity contribution in [2.75, 3.05) is 36.0 Å². The molecule has 1 aromatic heterocycles. The molecule has 0 aliphatic carbocycles. The molecule has 32 heavy (non-hydrogen) atoms. The number of aliphatic imine (C=N–C) groups is 1. The van der Waals surface area contributed by atoms with Crippen LogP contribution in [-0.2, 0) is 0 Å². The van der Waals surface area contributed by atoms with E-state index in [4.69, 9.17) is 10.7 Å². The number of unbranched alkanes of at least 4 members (excludes halogenated alkanes) is 2. The Morgan fingerprint density at radius 1 is 1.25 bits per heavy atom. The van der Waals surface area contributed by atoms with E-state index < -0.39 is 0 Å². The van der Waals surface area contributed by atoms with Crippen LogP contribution in [0.25, 0.3) is 0 Å². The molecule has 0 bridgehead atoms. The fraction of sp³-hybridized carbons (Fsp3) is 0.600. The van der Waals surface area contributed by atoms with E-state index in [1.807, 2.05) is 26.8 Å². The van der Waals surface area contributed by atoms with E-state index in [2.05, 4.69) is 35.0 Å². The Hall–Kier alpha value is -1.86. The first kappa shape index (κ1) is 30.1. The van der Waals surface area contributed by atoms with E-state index in [1.165, 1.54) is 35.9 Å². The largest absolute Gasteiger partial charge is 0.382 e. The Balaban J connectivity index is 0.00000144. The lowest BCUT2D eigenvalue weighted by molar-refractivity contribution is 0.696. The van der Waals surface area contributed by atoms with Gasteiger partial charge in [-0.15, -0.1) is 6.58 Å². The number of nitrogen functional groups attached to an aromatic ring is 1. The Morgan fingerprint density at radius 3 is 2.53 bits per heavy atom. The highest BCUT2D eigenvalue weighted by atomic mass is 32.2. The van der Waals surface area contributed by atoms with Crippen LogP contribution in [0, 0.1) is 13.8 Å². The molecule has 5 nitrogen and oxygen atoms in total. The average Bonchev–Trinajstić information content (AvgIpc) is 2.81. The van der Waals surface area contributed by atoms with Gasteiger partial charge in [-0.05, 0) is 52.0 Å². The SMILES string of the molecule is C/C=C/F.C=CCSNCCCCN1CC(CCCC)=Nc2c(N)nc(C)c(C)c21.CC. The minimum Gasteiger partial charge on any atom is -0.382 e. The first-order chi connectivity index (χ1) is 15.5. The van der Waals surface area contributed by atoms with Crippen molar-refractivity contribution in [2.24, 2.45) is 4.99 Å². The second-order valence-corrected chi connectivity index (χ2v) is 8.18. The molecule has 0 saturated carbocycles. The molecule has 7 heteroatoms. The summed E-state index contributed by atoms with van der Waals surface area (Å²) < 4.78 is 13.9. The number of fused-ring (bicyclic) bond motifs is 1. The van der Waals surface area contributed by atoms with Gasteiger partial charge < -0.3 is 10.6 Å². The standard InChI is InChI=1S/C20H33N5S.C3H5F.C2H6/c1-5-7-10-17-14-25(12-9-8-11-22-26-13-6-2)19-15(3)16(4)23-20(21)18(19)24-17;1-2-3-4;1-2/h6,22H,2,5,7-14H2,1,3-4H3,(H2,21,23);2-3H,1H3;1-2H3/b;3-2+;. The van der Waals surface area contributed by atoms with Crippen LogP contribution in [0.5, 0.6) is 0 Å². The highest BCUT2D eigenvalue weighted by Gasteiger charge is 2.24. The number of aryl methyl sites for hydroxylation is 1. The quantitative estimate of drug-likeness (QED) is 0.208. The molecule has 0 radical (unpaired) electrons. The number of aromatic nitrogens is 1. The van der Waals surface area contributed by atoms with Crippen LogP contribution in [-0.4, -0.2) is 36.1 Å². The van der Waals surface area contributed by atoms with E-state index in [1.54, 1.807) is 18.9 Å². The third-order valence-electron chi connectivity index (χ3n) is 4.82. The third-order valence-corrected chi connectivity index (χ3v) is 5.63. The van der Waals surface area contributed by atoms with Gasteiger partial charge in [0.15, 0.2) is 5.82 Å². The lowest BCUT2D eigenvalue weighted by Gasteiger charge is -2.33. The molecule has 1 aliphatic rings. The maximum Gasteiger partial charge on any atom is 0.151 e. The van der Waals surface area contributed by atoms with Crippen LogP contribution in [0.15, 0.2) is 30.1 Å². The summed E-state index contributed by atoms with van der Waals surface area (Å²) in [7, 11) is 0. The van der Waals surface area contributed by atoms with Crippen LogP contribution in [0.4, 0.5) is 21.6 Å². The smallest absolute Gasteiger partial charge is 0.151 e. The molecule has 0 saturated heterocycles. The van der Waals surface area contributed by atoms with Crippen molar-refractivity contribution >= 4 is 34.9 Å². The van der Waals surface area contributed by atoms with E-state index in [0.717, 1.165) is 56.0 Å². The summed E-state index contributed by atoms with van der Waals surface area (Å²) in [5.74, 6) is 1.51. The number of nitrogens with zero attached hydrogens (tertiary/aromatic N) is 3. The van der Waals surface area contributed by atoms with Crippen molar-refractivity contribution in [3.05, 3.63) is 36.3 Å². The Labute approximate surface area is 200 Å². The molecule has 0 aromatic carbocycles. The fourth-order valence-electron chi connectivity index (χ4n) is 3.17. The summed E-state index contributed by atoms with van der Waals surface area (Å²) >= 11 is 1.72. The van der Waals surface area contributed by atoms with Crippen molar-refractivity contribution in [3.63, 3.8) is 0 Å². The lowest BCUT2D eigenvalue weighted by atomic mass is 10.0. The molecule has 1 aliphatic heterocycles. The van der Waals surface area contributed by atoms with Crippen LogP contribution in [0.2, 0.25) is 0 Å². The number of halogens is 1. The minimum atomic E-state index is 0.500. The van der Waals surface area contributed by atoms with Crippen LogP contribution in [0.3, 0.4) is 0 Å².